The molecule has 1 saturated heterocycles. The number of carbonyl (C=O) groups excluding carboxylic acids is 1. The van der Waals surface area contributed by atoms with E-state index in [2.05, 4.69) is 43.4 Å². The van der Waals surface area contributed by atoms with Gasteiger partial charge in [0.05, 0.1) is 0 Å². The van der Waals surface area contributed by atoms with Crippen molar-refractivity contribution in [3.8, 4) is 0 Å². The van der Waals surface area contributed by atoms with Crippen LogP contribution in [0.3, 0.4) is 0 Å². The molecule has 0 saturated carbocycles. The molecular formula is C18H26N2O. The second-order valence-corrected chi connectivity index (χ2v) is 5.93. The standard InChI is InChI=1S/C18H26N2O/c1-4-20(17-11-12-19-13-17)18(21)10-7-15-5-8-16(9-6-15)14(2)3/h5-10,14,17,19H,4,11-13H2,1-3H3/b10-7+. The first-order valence-corrected chi connectivity index (χ1v) is 7.91. The number of hydrogen-bond acceptors (Lipinski definition) is 2. The quantitative estimate of drug-likeness (QED) is 0.844. The Balaban J connectivity index is 1.99. The molecule has 3 nitrogen and oxygen atoms in total. The SMILES string of the molecule is CCN(C(=O)/C=C/c1ccc(C(C)C)cc1)C1CCNC1. The van der Waals surface area contributed by atoms with Gasteiger partial charge in [0.2, 0.25) is 5.91 Å². The summed E-state index contributed by atoms with van der Waals surface area (Å²) in [5.41, 5.74) is 2.40. The van der Waals surface area contributed by atoms with E-state index in [-0.39, 0.29) is 5.91 Å². The molecule has 0 radical (unpaired) electrons. The zero-order valence-corrected chi connectivity index (χ0v) is 13.3. The van der Waals surface area contributed by atoms with E-state index in [1.165, 1.54) is 5.56 Å². The largest absolute Gasteiger partial charge is 0.335 e. The molecule has 1 amide bonds. The van der Waals surface area contributed by atoms with Crippen LogP contribution < -0.4 is 5.32 Å². The van der Waals surface area contributed by atoms with Gasteiger partial charge in [-0.05, 0) is 43.0 Å². The van der Waals surface area contributed by atoms with Crippen LogP contribution >= 0.6 is 0 Å². The number of rotatable bonds is 5. The number of nitrogens with one attached hydrogen (secondary N) is 1. The van der Waals surface area contributed by atoms with E-state index in [9.17, 15) is 4.79 Å². The predicted octanol–water partition coefficient (Wildman–Crippen LogP) is 3.03. The Morgan fingerprint density at radius 3 is 2.62 bits per heavy atom. The molecule has 1 atom stereocenters. The van der Waals surface area contributed by atoms with Crippen LogP contribution in [0.4, 0.5) is 0 Å². The van der Waals surface area contributed by atoms with Crippen LogP contribution in [0.1, 0.15) is 44.2 Å². The van der Waals surface area contributed by atoms with Gasteiger partial charge in [-0.15, -0.1) is 0 Å². The molecule has 1 aliphatic rings. The lowest BCUT2D eigenvalue weighted by Gasteiger charge is -2.25. The lowest BCUT2D eigenvalue weighted by Crippen LogP contribution is -2.40. The van der Waals surface area contributed by atoms with Crippen LogP contribution in [0.15, 0.2) is 30.3 Å². The highest BCUT2D eigenvalue weighted by atomic mass is 16.2. The molecule has 0 spiro atoms. The summed E-state index contributed by atoms with van der Waals surface area (Å²) in [6, 6.07) is 8.76. The summed E-state index contributed by atoms with van der Waals surface area (Å²) in [6.07, 6.45) is 4.67. The van der Waals surface area contributed by atoms with Crippen molar-refractivity contribution in [1.29, 1.82) is 0 Å². The zero-order chi connectivity index (χ0) is 15.2. The van der Waals surface area contributed by atoms with Crippen molar-refractivity contribution in [2.45, 2.75) is 39.2 Å². The Morgan fingerprint density at radius 1 is 1.38 bits per heavy atom. The minimum atomic E-state index is 0.110. The van der Waals surface area contributed by atoms with Crippen molar-refractivity contribution in [2.24, 2.45) is 0 Å². The predicted molar refractivity (Wildman–Crippen MR) is 88.2 cm³/mol. The molecule has 2 rings (SSSR count). The highest BCUT2D eigenvalue weighted by Crippen LogP contribution is 2.15. The van der Waals surface area contributed by atoms with Crippen LogP contribution in [-0.2, 0) is 4.79 Å². The summed E-state index contributed by atoms with van der Waals surface area (Å²) in [7, 11) is 0. The maximum atomic E-state index is 12.3. The molecule has 1 unspecified atom stereocenters. The maximum absolute atomic E-state index is 12.3. The van der Waals surface area contributed by atoms with Gasteiger partial charge in [0.1, 0.15) is 0 Å². The summed E-state index contributed by atoms with van der Waals surface area (Å²) in [4.78, 5) is 14.3. The number of carbonyl (C=O) groups is 1. The first-order chi connectivity index (χ1) is 10.1. The molecule has 114 valence electrons. The van der Waals surface area contributed by atoms with Gasteiger partial charge in [-0.25, -0.2) is 0 Å². The minimum Gasteiger partial charge on any atom is -0.335 e. The van der Waals surface area contributed by atoms with Gasteiger partial charge in [0.15, 0.2) is 0 Å². The lowest BCUT2D eigenvalue weighted by atomic mass is 10.0. The Morgan fingerprint density at radius 2 is 2.10 bits per heavy atom. The second-order valence-electron chi connectivity index (χ2n) is 5.93. The van der Waals surface area contributed by atoms with Crippen LogP contribution in [0.5, 0.6) is 0 Å². The number of likely N-dealkylation sites (N-methyl/N-ethyl adjacent to an activating group) is 1. The van der Waals surface area contributed by atoms with Gasteiger partial charge < -0.3 is 10.2 Å². The molecule has 3 heteroatoms. The lowest BCUT2D eigenvalue weighted by molar-refractivity contribution is -0.127. The van der Waals surface area contributed by atoms with Crippen LogP contribution in [0.25, 0.3) is 6.08 Å². The van der Waals surface area contributed by atoms with E-state index in [1.807, 2.05) is 17.9 Å². The van der Waals surface area contributed by atoms with E-state index >= 15 is 0 Å². The molecule has 1 heterocycles. The van der Waals surface area contributed by atoms with Gasteiger partial charge in [-0.2, -0.15) is 0 Å². The summed E-state index contributed by atoms with van der Waals surface area (Å²) in [5.74, 6) is 0.647. The Kier molecular flexibility index (Phi) is 5.57. The van der Waals surface area contributed by atoms with E-state index in [0.29, 0.717) is 12.0 Å². The smallest absolute Gasteiger partial charge is 0.246 e. The average molecular weight is 286 g/mol. The van der Waals surface area contributed by atoms with Crippen LogP contribution in [0, 0.1) is 0 Å². The number of amides is 1. The Hall–Kier alpha value is -1.61. The Labute approximate surface area is 128 Å². The normalized spacial score (nSPS) is 18.6. The first kappa shape index (κ1) is 15.8. The molecule has 21 heavy (non-hydrogen) atoms. The average Bonchev–Trinajstić information content (AvgIpc) is 3.00. The second kappa shape index (κ2) is 7.41. The molecule has 0 aromatic heterocycles. The fraction of sp³-hybridized carbons (Fsp3) is 0.500. The van der Waals surface area contributed by atoms with Crippen molar-refractivity contribution >= 4 is 12.0 Å². The van der Waals surface area contributed by atoms with Crippen molar-refractivity contribution in [3.63, 3.8) is 0 Å². The number of nitrogens with zero attached hydrogens (tertiary/aromatic N) is 1. The van der Waals surface area contributed by atoms with Gasteiger partial charge >= 0.3 is 0 Å². The number of hydrogen-bond donors (Lipinski definition) is 1. The van der Waals surface area contributed by atoms with Crippen LogP contribution in [-0.4, -0.2) is 36.5 Å². The maximum Gasteiger partial charge on any atom is 0.246 e. The summed E-state index contributed by atoms with van der Waals surface area (Å²) in [6.45, 7) is 9.10. The molecule has 1 aromatic rings. The first-order valence-electron chi connectivity index (χ1n) is 7.91. The fourth-order valence-electron chi connectivity index (χ4n) is 2.75. The van der Waals surface area contributed by atoms with Crippen molar-refractivity contribution in [3.05, 3.63) is 41.5 Å². The monoisotopic (exact) mass is 286 g/mol. The van der Waals surface area contributed by atoms with Crippen molar-refractivity contribution < 1.29 is 4.79 Å². The van der Waals surface area contributed by atoms with Gasteiger partial charge in [-0.3, -0.25) is 4.79 Å². The van der Waals surface area contributed by atoms with Crippen LogP contribution in [0.2, 0.25) is 0 Å². The molecule has 0 aliphatic carbocycles. The summed E-state index contributed by atoms with van der Waals surface area (Å²) >= 11 is 0. The highest BCUT2D eigenvalue weighted by molar-refractivity contribution is 5.92. The van der Waals surface area contributed by atoms with Gasteiger partial charge in [-0.1, -0.05) is 38.1 Å². The molecule has 1 N–H and O–H groups in total. The fourth-order valence-corrected chi connectivity index (χ4v) is 2.75. The van der Waals surface area contributed by atoms with E-state index < -0.39 is 0 Å². The third kappa shape index (κ3) is 4.18. The van der Waals surface area contributed by atoms with E-state index in [4.69, 9.17) is 0 Å². The van der Waals surface area contributed by atoms with Crippen molar-refractivity contribution in [1.82, 2.24) is 10.2 Å². The van der Waals surface area contributed by atoms with Crippen molar-refractivity contribution in [2.75, 3.05) is 19.6 Å². The number of benzene rings is 1. The third-order valence-electron chi connectivity index (χ3n) is 4.12. The summed E-state index contributed by atoms with van der Waals surface area (Å²) < 4.78 is 0. The molecule has 0 bridgehead atoms. The topological polar surface area (TPSA) is 32.3 Å². The van der Waals surface area contributed by atoms with Gasteiger partial charge in [0.25, 0.3) is 0 Å². The van der Waals surface area contributed by atoms with Gasteiger partial charge in [0, 0.05) is 25.2 Å². The van der Waals surface area contributed by atoms with E-state index in [0.717, 1.165) is 31.6 Å². The molecule has 1 aromatic carbocycles. The highest BCUT2D eigenvalue weighted by Gasteiger charge is 2.23. The third-order valence-corrected chi connectivity index (χ3v) is 4.12. The zero-order valence-electron chi connectivity index (χ0n) is 13.3. The summed E-state index contributed by atoms with van der Waals surface area (Å²) in [5, 5.41) is 3.31. The molecule has 1 fully saturated rings. The Bertz CT molecular complexity index is 484. The molecular weight excluding hydrogens is 260 g/mol. The van der Waals surface area contributed by atoms with E-state index in [1.54, 1.807) is 6.08 Å². The minimum absolute atomic E-state index is 0.110. The molecule has 1 aliphatic heterocycles.